The number of hydrogen-bond donors (Lipinski definition) is 0. The zero-order valence-corrected chi connectivity index (χ0v) is 14.5. The fraction of sp³-hybridized carbons (Fsp3) is 0.562. The number of carbonyl (C=O) groups excluding carboxylic acids is 1. The first-order valence-electron chi connectivity index (χ1n) is 8.06. The molecule has 0 aliphatic carbocycles. The molecule has 0 N–H and O–H groups in total. The Bertz CT molecular complexity index is 629. The van der Waals surface area contributed by atoms with E-state index in [-0.39, 0.29) is 11.6 Å². The van der Waals surface area contributed by atoms with E-state index < -0.39 is 4.92 Å². The number of nitro groups is 1. The van der Waals surface area contributed by atoms with Crippen LogP contribution in [0, 0.1) is 10.1 Å². The summed E-state index contributed by atoms with van der Waals surface area (Å²) in [4.78, 5) is 27.4. The van der Waals surface area contributed by atoms with Gasteiger partial charge in [-0.3, -0.25) is 14.9 Å². The molecular weight excluding hydrogens is 362 g/mol. The first-order valence-corrected chi connectivity index (χ1v) is 8.85. The van der Waals surface area contributed by atoms with Crippen molar-refractivity contribution in [2.45, 2.75) is 32.1 Å². The van der Waals surface area contributed by atoms with Gasteiger partial charge in [-0.25, -0.2) is 0 Å². The van der Waals surface area contributed by atoms with Crippen LogP contribution in [0.5, 0.6) is 0 Å². The second kappa shape index (κ2) is 6.97. The molecule has 6 nitrogen and oxygen atoms in total. The number of anilines is 1. The third kappa shape index (κ3) is 3.55. The molecule has 0 saturated carbocycles. The van der Waals surface area contributed by atoms with Crippen molar-refractivity contribution >= 4 is 33.2 Å². The number of carbonyl (C=O) groups is 1. The van der Waals surface area contributed by atoms with Gasteiger partial charge < -0.3 is 9.80 Å². The highest BCUT2D eigenvalue weighted by Gasteiger charge is 2.32. The van der Waals surface area contributed by atoms with Crippen molar-refractivity contribution in [2.24, 2.45) is 0 Å². The average molecular weight is 382 g/mol. The van der Waals surface area contributed by atoms with E-state index in [1.807, 2.05) is 6.07 Å². The van der Waals surface area contributed by atoms with Crippen LogP contribution >= 0.6 is 15.9 Å². The van der Waals surface area contributed by atoms with Crippen LogP contribution in [0.1, 0.15) is 31.2 Å². The molecule has 2 heterocycles. The summed E-state index contributed by atoms with van der Waals surface area (Å²) in [6.45, 7) is 3.38. The molecule has 1 aromatic carbocycles. The number of amides is 1. The van der Waals surface area contributed by atoms with Crippen LogP contribution in [-0.2, 0) is 11.2 Å². The van der Waals surface area contributed by atoms with Gasteiger partial charge in [0.2, 0.25) is 5.91 Å². The quantitative estimate of drug-likeness (QED) is 0.593. The average Bonchev–Trinajstić information content (AvgIpc) is 2.96. The van der Waals surface area contributed by atoms with Gasteiger partial charge >= 0.3 is 0 Å². The van der Waals surface area contributed by atoms with Crippen molar-refractivity contribution in [3.63, 3.8) is 0 Å². The van der Waals surface area contributed by atoms with Crippen LogP contribution in [0.3, 0.4) is 0 Å². The summed E-state index contributed by atoms with van der Waals surface area (Å²) in [5.41, 5.74) is 1.37. The van der Waals surface area contributed by atoms with Gasteiger partial charge in [0, 0.05) is 30.0 Å². The molecule has 23 heavy (non-hydrogen) atoms. The molecule has 0 atom stereocenters. The van der Waals surface area contributed by atoms with E-state index in [0.29, 0.717) is 29.5 Å². The number of rotatable bonds is 4. The highest BCUT2D eigenvalue weighted by molar-refractivity contribution is 9.10. The van der Waals surface area contributed by atoms with Crippen molar-refractivity contribution in [3.8, 4) is 0 Å². The normalized spacial score (nSPS) is 18.0. The van der Waals surface area contributed by atoms with E-state index >= 15 is 0 Å². The van der Waals surface area contributed by atoms with Crippen LogP contribution < -0.4 is 4.90 Å². The Kier molecular flexibility index (Phi) is 4.96. The lowest BCUT2D eigenvalue weighted by atomic mass is 10.1. The Morgan fingerprint density at radius 1 is 1.22 bits per heavy atom. The summed E-state index contributed by atoms with van der Waals surface area (Å²) in [6.07, 6.45) is 4.75. The maximum absolute atomic E-state index is 12.6. The molecule has 1 aromatic rings. The predicted octanol–water partition coefficient (Wildman–Crippen LogP) is 3.12. The van der Waals surface area contributed by atoms with Crippen molar-refractivity contribution in [1.82, 2.24) is 4.90 Å². The lowest BCUT2D eigenvalue weighted by molar-refractivity contribution is -0.384. The highest BCUT2D eigenvalue weighted by atomic mass is 79.9. The number of nitrogens with zero attached hydrogens (tertiary/aromatic N) is 3. The lowest BCUT2D eigenvalue weighted by Crippen LogP contribution is -2.36. The van der Waals surface area contributed by atoms with Gasteiger partial charge in [-0.1, -0.05) is 22.4 Å². The summed E-state index contributed by atoms with van der Waals surface area (Å²) in [5, 5.41) is 11.3. The first kappa shape index (κ1) is 16.4. The molecule has 0 aromatic heterocycles. The van der Waals surface area contributed by atoms with Gasteiger partial charge in [-0.15, -0.1) is 0 Å². The van der Waals surface area contributed by atoms with Crippen LogP contribution in [0.2, 0.25) is 0 Å². The van der Waals surface area contributed by atoms with E-state index in [1.54, 1.807) is 4.90 Å². The van der Waals surface area contributed by atoms with Crippen molar-refractivity contribution < 1.29 is 9.72 Å². The summed E-state index contributed by atoms with van der Waals surface area (Å²) in [6, 6.07) is 3.36. The van der Waals surface area contributed by atoms with E-state index in [4.69, 9.17) is 0 Å². The maximum atomic E-state index is 12.6. The Hall–Kier alpha value is -1.47. The van der Waals surface area contributed by atoms with E-state index in [2.05, 4.69) is 20.8 Å². The molecule has 1 fully saturated rings. The molecule has 2 aliphatic heterocycles. The third-order valence-electron chi connectivity index (χ3n) is 4.60. The second-order valence-electron chi connectivity index (χ2n) is 6.14. The smallest absolute Gasteiger partial charge is 0.294 e. The molecule has 0 unspecified atom stereocenters. The summed E-state index contributed by atoms with van der Waals surface area (Å²) >= 11 is 3.31. The van der Waals surface area contributed by atoms with Crippen LogP contribution in [0.4, 0.5) is 11.4 Å². The molecule has 0 spiro atoms. The molecular formula is C16H20BrN3O3. The number of hydrogen-bond acceptors (Lipinski definition) is 4. The minimum atomic E-state index is -0.403. The Balaban J connectivity index is 1.73. The van der Waals surface area contributed by atoms with Gasteiger partial charge in [-0.05, 0) is 44.0 Å². The summed E-state index contributed by atoms with van der Waals surface area (Å²) in [5.74, 6) is -0.0141. The zero-order valence-electron chi connectivity index (χ0n) is 13.0. The van der Waals surface area contributed by atoms with Crippen LogP contribution in [0.15, 0.2) is 16.6 Å². The number of benzene rings is 1. The number of nitro benzene ring substituents is 1. The van der Waals surface area contributed by atoms with Crippen molar-refractivity contribution in [2.75, 3.05) is 31.1 Å². The fourth-order valence-electron chi connectivity index (χ4n) is 3.45. The maximum Gasteiger partial charge on any atom is 0.294 e. The summed E-state index contributed by atoms with van der Waals surface area (Å²) in [7, 11) is 0. The van der Waals surface area contributed by atoms with Crippen LogP contribution in [-0.4, -0.2) is 41.9 Å². The van der Waals surface area contributed by atoms with Gasteiger partial charge in [0.05, 0.1) is 4.92 Å². The minimum Gasteiger partial charge on any atom is -0.306 e. The molecule has 3 rings (SSSR count). The van der Waals surface area contributed by atoms with Gasteiger partial charge in [-0.2, -0.15) is 0 Å². The Morgan fingerprint density at radius 3 is 2.65 bits per heavy atom. The molecule has 0 bridgehead atoms. The zero-order chi connectivity index (χ0) is 16.4. The van der Waals surface area contributed by atoms with E-state index in [1.165, 1.54) is 25.3 Å². The largest absolute Gasteiger partial charge is 0.306 e. The standard InChI is InChI=1S/C16H20BrN3O3/c17-13-10-12-4-9-19(16(12)14(11-13)20(22)23)15(21)5-8-18-6-2-1-3-7-18/h10-11H,1-9H2. The van der Waals surface area contributed by atoms with Gasteiger partial charge in [0.25, 0.3) is 5.69 Å². The number of piperidine rings is 1. The number of halogens is 1. The summed E-state index contributed by atoms with van der Waals surface area (Å²) < 4.78 is 0.686. The predicted molar refractivity (Wildman–Crippen MR) is 91.8 cm³/mol. The molecule has 2 aliphatic rings. The molecule has 1 saturated heterocycles. The minimum absolute atomic E-state index is 0.0122. The van der Waals surface area contributed by atoms with Gasteiger partial charge in [0.15, 0.2) is 0 Å². The molecule has 7 heteroatoms. The Morgan fingerprint density at radius 2 is 1.96 bits per heavy atom. The van der Waals surface area contributed by atoms with Crippen molar-refractivity contribution in [3.05, 3.63) is 32.3 Å². The number of fused-ring (bicyclic) bond motifs is 1. The first-order chi connectivity index (χ1) is 11.1. The van der Waals surface area contributed by atoms with E-state index in [0.717, 1.165) is 25.2 Å². The van der Waals surface area contributed by atoms with Crippen LogP contribution in [0.25, 0.3) is 0 Å². The topological polar surface area (TPSA) is 66.7 Å². The fourth-order valence-corrected chi connectivity index (χ4v) is 3.94. The monoisotopic (exact) mass is 381 g/mol. The molecule has 0 radical (unpaired) electrons. The van der Waals surface area contributed by atoms with Gasteiger partial charge in [0.1, 0.15) is 5.69 Å². The number of likely N-dealkylation sites (tertiary alicyclic amines) is 1. The SMILES string of the molecule is O=C(CCN1CCCCC1)N1CCc2cc(Br)cc([N+](=O)[O-])c21. The third-order valence-corrected chi connectivity index (χ3v) is 5.05. The Labute approximate surface area is 143 Å². The van der Waals surface area contributed by atoms with E-state index in [9.17, 15) is 14.9 Å². The lowest BCUT2D eigenvalue weighted by Gasteiger charge is -2.27. The van der Waals surface area contributed by atoms with Crippen molar-refractivity contribution in [1.29, 1.82) is 0 Å². The highest BCUT2D eigenvalue weighted by Crippen LogP contribution is 2.39. The molecule has 1 amide bonds. The second-order valence-corrected chi connectivity index (χ2v) is 7.05. The molecule has 124 valence electrons.